The summed E-state index contributed by atoms with van der Waals surface area (Å²) < 4.78 is 5.39. The van der Waals surface area contributed by atoms with Crippen LogP contribution in [0.5, 0.6) is 5.75 Å². The van der Waals surface area contributed by atoms with Crippen LogP contribution in [0, 0.1) is 0 Å². The molecule has 1 aliphatic heterocycles. The lowest BCUT2D eigenvalue weighted by atomic mass is 10.1. The van der Waals surface area contributed by atoms with Gasteiger partial charge in [-0.1, -0.05) is 23.7 Å². The summed E-state index contributed by atoms with van der Waals surface area (Å²) >= 11 is 6.10. The molecule has 3 rings (SSSR count). The topological polar surface area (TPSA) is 61.9 Å². The zero-order chi connectivity index (χ0) is 20.3. The Hall–Kier alpha value is -2.57. The minimum Gasteiger partial charge on any atom is -0.496 e. The number of hydrogen-bond donors (Lipinski definition) is 1. The number of benzene rings is 2. The number of nitrogens with zero attached hydrogens (tertiary/aromatic N) is 2. The van der Waals surface area contributed by atoms with Gasteiger partial charge in [-0.25, -0.2) is 0 Å². The summed E-state index contributed by atoms with van der Waals surface area (Å²) in [7, 11) is 3.48. The maximum absolute atomic E-state index is 13.1. The molecule has 2 amide bonds. The Morgan fingerprint density at radius 1 is 1.32 bits per heavy atom. The van der Waals surface area contributed by atoms with Crippen molar-refractivity contribution in [3.05, 3.63) is 53.1 Å². The van der Waals surface area contributed by atoms with Crippen molar-refractivity contribution in [3.63, 3.8) is 0 Å². The largest absolute Gasteiger partial charge is 0.496 e. The van der Waals surface area contributed by atoms with E-state index in [4.69, 9.17) is 16.3 Å². The molecule has 2 aromatic carbocycles. The summed E-state index contributed by atoms with van der Waals surface area (Å²) in [5, 5.41) is 3.50. The number of hydrogen-bond acceptors (Lipinski definition) is 4. The molecule has 0 saturated heterocycles. The number of amides is 2. The van der Waals surface area contributed by atoms with Crippen molar-refractivity contribution in [1.82, 2.24) is 4.90 Å². The third-order valence-corrected chi connectivity index (χ3v) is 4.95. The summed E-state index contributed by atoms with van der Waals surface area (Å²) in [5.41, 5.74) is 2.29. The van der Waals surface area contributed by atoms with Crippen LogP contribution in [-0.2, 0) is 16.1 Å². The van der Waals surface area contributed by atoms with E-state index in [1.54, 1.807) is 18.1 Å². The number of carbonyl (C=O) groups is 2. The van der Waals surface area contributed by atoms with E-state index in [-0.39, 0.29) is 30.8 Å². The van der Waals surface area contributed by atoms with E-state index in [9.17, 15) is 9.59 Å². The second-order valence-corrected chi connectivity index (χ2v) is 7.45. The highest BCUT2D eigenvalue weighted by molar-refractivity contribution is 6.30. The average molecular weight is 402 g/mol. The normalized spacial score (nSPS) is 16.4. The fraction of sp³-hybridized carbons (Fsp3) is 0.333. The molecule has 2 aromatic rings. The first-order valence-electron chi connectivity index (χ1n) is 9.11. The lowest BCUT2D eigenvalue weighted by Crippen LogP contribution is -2.44. The van der Waals surface area contributed by atoms with E-state index in [1.807, 2.05) is 55.3 Å². The van der Waals surface area contributed by atoms with Crippen LogP contribution >= 0.6 is 11.6 Å². The van der Waals surface area contributed by atoms with Crippen molar-refractivity contribution in [3.8, 4) is 5.75 Å². The number of methoxy groups -OCH3 is 1. The lowest BCUT2D eigenvalue weighted by Gasteiger charge is -2.30. The highest BCUT2D eigenvalue weighted by Crippen LogP contribution is 2.31. The van der Waals surface area contributed by atoms with E-state index in [0.29, 0.717) is 17.3 Å². The van der Waals surface area contributed by atoms with Gasteiger partial charge in [0.15, 0.2) is 0 Å². The molecule has 0 radical (unpaired) electrons. The smallest absolute Gasteiger partial charge is 0.241 e. The van der Waals surface area contributed by atoms with Gasteiger partial charge in [0.25, 0.3) is 0 Å². The molecule has 1 aliphatic rings. The Labute approximate surface area is 170 Å². The molecular formula is C21H24ClN3O3. The van der Waals surface area contributed by atoms with Gasteiger partial charge in [0.1, 0.15) is 5.75 Å². The van der Waals surface area contributed by atoms with Gasteiger partial charge < -0.3 is 15.0 Å². The number of nitrogens with one attached hydrogen (secondary N) is 1. The molecule has 0 bridgehead atoms. The number of para-hydroxylation sites is 2. The maximum atomic E-state index is 13.1. The Morgan fingerprint density at radius 2 is 2.07 bits per heavy atom. The predicted octanol–water partition coefficient (Wildman–Crippen LogP) is 3.54. The Morgan fingerprint density at radius 3 is 2.82 bits per heavy atom. The molecule has 7 heteroatoms. The second-order valence-electron chi connectivity index (χ2n) is 7.01. The molecule has 0 saturated carbocycles. The molecule has 1 unspecified atom stereocenters. The zero-order valence-electron chi connectivity index (χ0n) is 16.2. The van der Waals surface area contributed by atoms with Crippen molar-refractivity contribution in [1.29, 1.82) is 0 Å². The molecule has 0 spiro atoms. The summed E-state index contributed by atoms with van der Waals surface area (Å²) in [6, 6.07) is 12.6. The minimum atomic E-state index is -0.231. The first-order chi connectivity index (χ1) is 13.4. The van der Waals surface area contributed by atoms with E-state index < -0.39 is 0 Å². The number of rotatable bonds is 5. The van der Waals surface area contributed by atoms with Crippen molar-refractivity contribution in [2.24, 2.45) is 0 Å². The molecule has 148 valence electrons. The third-order valence-electron chi connectivity index (χ3n) is 4.72. The van der Waals surface area contributed by atoms with Crippen LogP contribution in [0.2, 0.25) is 5.02 Å². The van der Waals surface area contributed by atoms with E-state index in [1.165, 1.54) is 0 Å². The molecular weight excluding hydrogens is 378 g/mol. The van der Waals surface area contributed by atoms with Crippen molar-refractivity contribution in [2.75, 3.05) is 30.9 Å². The van der Waals surface area contributed by atoms with Gasteiger partial charge in [0.2, 0.25) is 11.8 Å². The summed E-state index contributed by atoms with van der Waals surface area (Å²) in [5.74, 6) is 0.569. The SMILES string of the molecule is COc1ccc(Cl)cc1CN(C)CC(=O)N1c2ccccc2NC(=O)CC1C. The Balaban J connectivity index is 1.78. The van der Waals surface area contributed by atoms with Gasteiger partial charge in [-0.2, -0.15) is 0 Å². The van der Waals surface area contributed by atoms with Crippen molar-refractivity contribution < 1.29 is 14.3 Å². The number of anilines is 2. The highest BCUT2D eigenvalue weighted by atomic mass is 35.5. The minimum absolute atomic E-state index is 0.0695. The molecule has 6 nitrogen and oxygen atoms in total. The molecule has 1 atom stereocenters. The van der Waals surface area contributed by atoms with E-state index in [0.717, 1.165) is 17.0 Å². The number of ether oxygens (including phenoxy) is 1. The Kier molecular flexibility index (Phi) is 6.21. The van der Waals surface area contributed by atoms with Crippen molar-refractivity contribution in [2.45, 2.75) is 25.9 Å². The summed E-state index contributed by atoms with van der Waals surface area (Å²) in [6.45, 7) is 2.60. The molecule has 28 heavy (non-hydrogen) atoms. The second kappa shape index (κ2) is 8.63. The number of fused-ring (bicyclic) bond motifs is 1. The van der Waals surface area contributed by atoms with Crippen LogP contribution in [-0.4, -0.2) is 43.5 Å². The monoisotopic (exact) mass is 401 g/mol. The van der Waals surface area contributed by atoms with Gasteiger partial charge >= 0.3 is 0 Å². The standard InChI is InChI=1S/C21H24ClN3O3/c1-14-10-20(26)23-17-6-4-5-7-18(17)25(14)21(27)13-24(2)12-15-11-16(22)8-9-19(15)28-3/h4-9,11,14H,10,12-13H2,1-3H3,(H,23,26). The van der Waals surface area contributed by atoms with Crippen LogP contribution in [0.4, 0.5) is 11.4 Å². The first kappa shape index (κ1) is 20.2. The molecule has 1 heterocycles. The molecule has 1 N–H and O–H groups in total. The number of halogens is 1. The van der Waals surface area contributed by atoms with Crippen molar-refractivity contribution >= 4 is 34.8 Å². The first-order valence-corrected chi connectivity index (χ1v) is 9.48. The van der Waals surface area contributed by atoms with Gasteiger partial charge in [0, 0.05) is 29.6 Å². The highest BCUT2D eigenvalue weighted by Gasteiger charge is 2.30. The lowest BCUT2D eigenvalue weighted by molar-refractivity contribution is -0.120. The average Bonchev–Trinajstić information content (AvgIpc) is 2.75. The fourth-order valence-corrected chi connectivity index (χ4v) is 3.69. The van der Waals surface area contributed by atoms with Gasteiger partial charge in [-0.15, -0.1) is 0 Å². The van der Waals surface area contributed by atoms with Gasteiger partial charge in [0.05, 0.1) is 25.0 Å². The number of carbonyl (C=O) groups excluding carboxylic acids is 2. The summed E-state index contributed by atoms with van der Waals surface area (Å²) in [6.07, 6.45) is 0.256. The quantitative estimate of drug-likeness (QED) is 0.832. The zero-order valence-corrected chi connectivity index (χ0v) is 17.0. The molecule has 0 aliphatic carbocycles. The maximum Gasteiger partial charge on any atom is 0.241 e. The van der Waals surface area contributed by atoms with Crippen LogP contribution in [0.1, 0.15) is 18.9 Å². The fourth-order valence-electron chi connectivity index (χ4n) is 3.49. The van der Waals surface area contributed by atoms with Crippen LogP contribution in [0.3, 0.4) is 0 Å². The van der Waals surface area contributed by atoms with Crippen LogP contribution < -0.4 is 15.0 Å². The van der Waals surface area contributed by atoms with E-state index in [2.05, 4.69) is 5.32 Å². The van der Waals surface area contributed by atoms with Crippen LogP contribution in [0.15, 0.2) is 42.5 Å². The van der Waals surface area contributed by atoms with Crippen LogP contribution in [0.25, 0.3) is 0 Å². The van der Waals surface area contributed by atoms with Gasteiger partial charge in [-0.3, -0.25) is 14.5 Å². The third kappa shape index (κ3) is 4.46. The molecule has 0 fully saturated rings. The molecule has 0 aromatic heterocycles. The van der Waals surface area contributed by atoms with Gasteiger partial charge in [-0.05, 0) is 44.3 Å². The number of likely N-dealkylation sites (N-methyl/N-ethyl adjacent to an activating group) is 1. The predicted molar refractivity (Wildman–Crippen MR) is 111 cm³/mol. The Bertz CT molecular complexity index is 887. The summed E-state index contributed by atoms with van der Waals surface area (Å²) in [4.78, 5) is 28.9. The van der Waals surface area contributed by atoms with E-state index >= 15 is 0 Å².